The van der Waals surface area contributed by atoms with Crippen LogP contribution in [0.4, 0.5) is 0 Å². The highest BCUT2D eigenvalue weighted by atomic mass is 16.4. The Labute approximate surface area is 98.7 Å². The lowest BCUT2D eigenvalue weighted by Crippen LogP contribution is -2.12. The van der Waals surface area contributed by atoms with Gasteiger partial charge in [-0.3, -0.25) is 4.79 Å². The molecule has 0 atom stereocenters. The number of aliphatic carboxylic acids is 1. The Kier molecular flexibility index (Phi) is 3.19. The van der Waals surface area contributed by atoms with E-state index in [1.165, 1.54) is 0 Å². The summed E-state index contributed by atoms with van der Waals surface area (Å²) in [6, 6.07) is 13.8. The van der Waals surface area contributed by atoms with Gasteiger partial charge in [-0.05, 0) is 22.8 Å². The number of rotatable bonds is 4. The predicted molar refractivity (Wildman–Crippen MR) is 64.9 cm³/mol. The Morgan fingerprint density at radius 1 is 1.00 bits per heavy atom. The van der Waals surface area contributed by atoms with Crippen LogP contribution in [0.2, 0.25) is 0 Å². The summed E-state index contributed by atoms with van der Waals surface area (Å²) >= 11 is 0. The highest BCUT2D eigenvalue weighted by molar-refractivity contribution is 6.32. The molecule has 0 amide bonds. The van der Waals surface area contributed by atoms with Crippen molar-refractivity contribution in [2.45, 2.75) is 12.8 Å². The molecule has 0 radical (unpaired) electrons. The van der Waals surface area contributed by atoms with Crippen molar-refractivity contribution in [3.05, 3.63) is 48.0 Å². The molecule has 1 N–H and O–H groups in total. The van der Waals surface area contributed by atoms with E-state index in [-0.39, 0.29) is 6.42 Å². The van der Waals surface area contributed by atoms with Crippen LogP contribution in [-0.2, 0) is 16.0 Å². The SMILES string of the molecule is O=C(O)C(=O)CCc1ccc2ccccc2c1. The fourth-order valence-corrected chi connectivity index (χ4v) is 1.76. The molecule has 86 valence electrons. The number of carboxylic acids is 1. The number of benzene rings is 2. The minimum Gasteiger partial charge on any atom is -0.476 e. The third-order valence-corrected chi connectivity index (χ3v) is 2.69. The van der Waals surface area contributed by atoms with Crippen LogP contribution in [0.25, 0.3) is 10.8 Å². The second-order valence-electron chi connectivity index (χ2n) is 3.91. The molecule has 0 saturated heterocycles. The lowest BCUT2D eigenvalue weighted by atomic mass is 10.0. The van der Waals surface area contributed by atoms with Gasteiger partial charge in [0.05, 0.1) is 0 Å². The summed E-state index contributed by atoms with van der Waals surface area (Å²) in [5.41, 5.74) is 0.985. The maximum atomic E-state index is 11.0. The molecule has 2 aromatic carbocycles. The number of carbonyl (C=O) groups is 2. The largest absolute Gasteiger partial charge is 0.476 e. The topological polar surface area (TPSA) is 54.4 Å². The number of ketones is 1. The predicted octanol–water partition coefficient (Wildman–Crippen LogP) is 2.43. The summed E-state index contributed by atoms with van der Waals surface area (Å²) < 4.78 is 0. The van der Waals surface area contributed by atoms with E-state index in [1.807, 2.05) is 42.5 Å². The van der Waals surface area contributed by atoms with E-state index in [1.54, 1.807) is 0 Å². The van der Waals surface area contributed by atoms with Gasteiger partial charge in [0.1, 0.15) is 0 Å². The number of carboxylic acid groups (broad SMARTS) is 1. The standard InChI is InChI=1S/C14H12O3/c15-13(14(16)17)8-6-10-5-7-11-3-1-2-4-12(11)9-10/h1-5,7,9H,6,8H2,(H,16,17). The molecule has 0 spiro atoms. The van der Waals surface area contributed by atoms with Crippen molar-refractivity contribution >= 4 is 22.5 Å². The fourth-order valence-electron chi connectivity index (χ4n) is 1.76. The van der Waals surface area contributed by atoms with Crippen molar-refractivity contribution in [1.29, 1.82) is 0 Å². The maximum Gasteiger partial charge on any atom is 0.372 e. The van der Waals surface area contributed by atoms with Crippen LogP contribution in [0.5, 0.6) is 0 Å². The molecule has 3 heteroatoms. The monoisotopic (exact) mass is 228 g/mol. The van der Waals surface area contributed by atoms with Crippen molar-refractivity contribution in [2.24, 2.45) is 0 Å². The number of carbonyl (C=O) groups excluding carboxylic acids is 1. The smallest absolute Gasteiger partial charge is 0.372 e. The van der Waals surface area contributed by atoms with Crippen LogP contribution in [0.3, 0.4) is 0 Å². The van der Waals surface area contributed by atoms with E-state index in [9.17, 15) is 9.59 Å². The number of aryl methyl sites for hydroxylation is 1. The average Bonchev–Trinajstić information content (AvgIpc) is 2.35. The Morgan fingerprint density at radius 2 is 1.71 bits per heavy atom. The second-order valence-corrected chi connectivity index (χ2v) is 3.91. The van der Waals surface area contributed by atoms with E-state index >= 15 is 0 Å². The first kappa shape index (κ1) is 11.3. The Morgan fingerprint density at radius 3 is 2.41 bits per heavy atom. The van der Waals surface area contributed by atoms with Crippen molar-refractivity contribution in [1.82, 2.24) is 0 Å². The molecule has 17 heavy (non-hydrogen) atoms. The van der Waals surface area contributed by atoms with Crippen LogP contribution in [0.1, 0.15) is 12.0 Å². The molecule has 0 aromatic heterocycles. The second kappa shape index (κ2) is 4.78. The first-order chi connectivity index (χ1) is 8.16. The van der Waals surface area contributed by atoms with Crippen molar-refractivity contribution in [3.8, 4) is 0 Å². The highest BCUT2D eigenvalue weighted by Gasteiger charge is 2.10. The van der Waals surface area contributed by atoms with Gasteiger partial charge in [-0.1, -0.05) is 42.5 Å². The molecule has 2 aromatic rings. The molecule has 0 aliphatic carbocycles. The molecule has 0 fully saturated rings. The fraction of sp³-hybridized carbons (Fsp3) is 0.143. The number of hydrogen-bond acceptors (Lipinski definition) is 2. The quantitative estimate of drug-likeness (QED) is 0.817. The van der Waals surface area contributed by atoms with Gasteiger partial charge in [0.25, 0.3) is 0 Å². The van der Waals surface area contributed by atoms with Crippen LogP contribution < -0.4 is 0 Å². The normalized spacial score (nSPS) is 10.4. The Bertz CT molecular complexity index is 572. The van der Waals surface area contributed by atoms with E-state index in [2.05, 4.69) is 0 Å². The summed E-state index contributed by atoms with van der Waals surface area (Å²) in [6.45, 7) is 0. The minimum absolute atomic E-state index is 0.0493. The van der Waals surface area contributed by atoms with Gasteiger partial charge in [-0.2, -0.15) is 0 Å². The summed E-state index contributed by atoms with van der Waals surface area (Å²) in [6.07, 6.45) is 0.518. The van der Waals surface area contributed by atoms with E-state index in [0.717, 1.165) is 16.3 Å². The average molecular weight is 228 g/mol. The van der Waals surface area contributed by atoms with Gasteiger partial charge < -0.3 is 5.11 Å². The maximum absolute atomic E-state index is 11.0. The lowest BCUT2D eigenvalue weighted by molar-refractivity contribution is -0.149. The molecule has 3 nitrogen and oxygen atoms in total. The van der Waals surface area contributed by atoms with Gasteiger partial charge in [-0.25, -0.2) is 4.79 Å². The zero-order chi connectivity index (χ0) is 12.3. The lowest BCUT2D eigenvalue weighted by Gasteiger charge is -2.02. The van der Waals surface area contributed by atoms with Gasteiger partial charge in [0.15, 0.2) is 0 Å². The highest BCUT2D eigenvalue weighted by Crippen LogP contribution is 2.16. The number of fused-ring (bicyclic) bond motifs is 1. The van der Waals surface area contributed by atoms with Crippen molar-refractivity contribution in [3.63, 3.8) is 0 Å². The number of Topliss-reactive ketones (excluding diaryl/α,β-unsaturated/α-hetero) is 1. The molecule has 0 heterocycles. The first-order valence-corrected chi connectivity index (χ1v) is 5.40. The van der Waals surface area contributed by atoms with Crippen LogP contribution in [-0.4, -0.2) is 16.9 Å². The summed E-state index contributed by atoms with van der Waals surface area (Å²) in [4.78, 5) is 21.4. The Balaban J connectivity index is 2.14. The van der Waals surface area contributed by atoms with Crippen molar-refractivity contribution < 1.29 is 14.7 Å². The Hall–Kier alpha value is -2.16. The van der Waals surface area contributed by atoms with Gasteiger partial charge in [-0.15, -0.1) is 0 Å². The van der Waals surface area contributed by atoms with Crippen LogP contribution >= 0.6 is 0 Å². The zero-order valence-corrected chi connectivity index (χ0v) is 9.22. The molecule has 2 rings (SSSR count). The zero-order valence-electron chi connectivity index (χ0n) is 9.22. The summed E-state index contributed by atoms with van der Waals surface area (Å²) in [5, 5.41) is 10.7. The van der Waals surface area contributed by atoms with Gasteiger partial charge in [0, 0.05) is 6.42 Å². The van der Waals surface area contributed by atoms with Crippen LogP contribution in [0, 0.1) is 0 Å². The first-order valence-electron chi connectivity index (χ1n) is 5.40. The summed E-state index contributed by atoms with van der Waals surface area (Å²) in [5.74, 6) is -2.09. The van der Waals surface area contributed by atoms with E-state index < -0.39 is 11.8 Å². The van der Waals surface area contributed by atoms with Crippen LogP contribution in [0.15, 0.2) is 42.5 Å². The number of hydrogen-bond donors (Lipinski definition) is 1. The van der Waals surface area contributed by atoms with Crippen molar-refractivity contribution in [2.75, 3.05) is 0 Å². The molecule has 0 unspecified atom stereocenters. The third kappa shape index (κ3) is 2.69. The minimum atomic E-state index is -1.36. The van der Waals surface area contributed by atoms with E-state index in [0.29, 0.717) is 6.42 Å². The molecule has 0 aliphatic rings. The molecular weight excluding hydrogens is 216 g/mol. The van der Waals surface area contributed by atoms with Gasteiger partial charge in [0.2, 0.25) is 5.78 Å². The molecular formula is C14H12O3. The molecule has 0 bridgehead atoms. The third-order valence-electron chi connectivity index (χ3n) is 2.69. The molecule has 0 aliphatic heterocycles. The van der Waals surface area contributed by atoms with Gasteiger partial charge >= 0.3 is 5.97 Å². The molecule has 0 saturated carbocycles. The van der Waals surface area contributed by atoms with E-state index in [4.69, 9.17) is 5.11 Å². The summed E-state index contributed by atoms with van der Waals surface area (Å²) in [7, 11) is 0.